The minimum atomic E-state index is 0.277. The van der Waals surface area contributed by atoms with Crippen LogP contribution >= 0.6 is 0 Å². The van der Waals surface area contributed by atoms with Crippen LogP contribution in [0.5, 0.6) is 0 Å². The fourth-order valence-corrected chi connectivity index (χ4v) is 2.00. The molecule has 0 spiro atoms. The first-order valence-corrected chi connectivity index (χ1v) is 6.04. The van der Waals surface area contributed by atoms with Gasteiger partial charge in [-0.05, 0) is 50.2 Å². The number of ketones is 1. The zero-order chi connectivity index (χ0) is 12.1. The van der Waals surface area contributed by atoms with E-state index in [-0.39, 0.29) is 5.78 Å². The van der Waals surface area contributed by atoms with E-state index < -0.39 is 0 Å². The topological polar surface area (TPSA) is 17.1 Å². The molecule has 0 aliphatic heterocycles. The third-order valence-corrected chi connectivity index (χ3v) is 2.90. The van der Waals surface area contributed by atoms with E-state index in [1.54, 1.807) is 0 Å². The molecule has 88 valence electrons. The summed E-state index contributed by atoms with van der Waals surface area (Å²) in [6.07, 6.45) is 7.96. The van der Waals surface area contributed by atoms with Gasteiger partial charge in [0.15, 0.2) is 5.78 Å². The summed E-state index contributed by atoms with van der Waals surface area (Å²) in [7, 11) is 0. The number of hydrogen-bond acceptors (Lipinski definition) is 1. The van der Waals surface area contributed by atoms with Gasteiger partial charge in [-0.25, -0.2) is 0 Å². The third-order valence-electron chi connectivity index (χ3n) is 2.90. The van der Waals surface area contributed by atoms with E-state index >= 15 is 0 Å². The van der Waals surface area contributed by atoms with Crippen molar-refractivity contribution in [3.05, 3.63) is 35.5 Å². The molecule has 0 N–H and O–H groups in total. The molecule has 0 fully saturated rings. The lowest BCUT2D eigenvalue weighted by atomic mass is 9.95. The Morgan fingerprint density at radius 2 is 2.25 bits per heavy atom. The van der Waals surface area contributed by atoms with Crippen LogP contribution in [0, 0.1) is 5.92 Å². The summed E-state index contributed by atoms with van der Waals surface area (Å²) in [4.78, 5) is 11.6. The Morgan fingerprint density at radius 1 is 1.56 bits per heavy atom. The molecule has 0 radical (unpaired) electrons. The zero-order valence-electron chi connectivity index (χ0n) is 10.7. The smallest absolute Gasteiger partial charge is 0.163 e. The van der Waals surface area contributed by atoms with Gasteiger partial charge in [-0.15, -0.1) is 0 Å². The van der Waals surface area contributed by atoms with Gasteiger partial charge < -0.3 is 0 Å². The van der Waals surface area contributed by atoms with Crippen LogP contribution in [0.3, 0.4) is 0 Å². The summed E-state index contributed by atoms with van der Waals surface area (Å²) in [5, 5.41) is 0. The van der Waals surface area contributed by atoms with E-state index in [0.717, 1.165) is 30.4 Å². The van der Waals surface area contributed by atoms with Crippen molar-refractivity contribution in [2.75, 3.05) is 0 Å². The zero-order valence-corrected chi connectivity index (χ0v) is 10.7. The number of allylic oxidation sites excluding steroid dienone is 5. The minimum absolute atomic E-state index is 0.277. The van der Waals surface area contributed by atoms with Crippen molar-refractivity contribution in [3.8, 4) is 0 Å². The normalized spacial score (nSPS) is 17.3. The highest BCUT2D eigenvalue weighted by molar-refractivity contribution is 6.00. The highest BCUT2D eigenvalue weighted by Gasteiger charge is 2.19. The maximum atomic E-state index is 11.6. The van der Waals surface area contributed by atoms with Gasteiger partial charge in [-0.1, -0.05) is 31.2 Å². The Balaban J connectivity index is 2.37. The molecule has 16 heavy (non-hydrogen) atoms. The fraction of sp³-hybridized carbons (Fsp3) is 0.533. The largest absolute Gasteiger partial charge is 0.294 e. The molecule has 0 aromatic heterocycles. The van der Waals surface area contributed by atoms with E-state index in [1.165, 1.54) is 5.57 Å². The Labute approximate surface area is 98.9 Å². The molecule has 1 rings (SSSR count). The van der Waals surface area contributed by atoms with Crippen molar-refractivity contribution >= 4 is 5.78 Å². The number of rotatable bonds is 5. The first-order valence-electron chi connectivity index (χ1n) is 6.04. The van der Waals surface area contributed by atoms with Crippen LogP contribution in [0.2, 0.25) is 0 Å². The van der Waals surface area contributed by atoms with Gasteiger partial charge in [-0.2, -0.15) is 0 Å². The second-order valence-corrected chi connectivity index (χ2v) is 5.10. The average molecular weight is 218 g/mol. The molecule has 1 heteroatoms. The quantitative estimate of drug-likeness (QED) is 0.632. The van der Waals surface area contributed by atoms with Crippen molar-refractivity contribution in [3.63, 3.8) is 0 Å². The second kappa shape index (κ2) is 5.83. The lowest BCUT2D eigenvalue weighted by Gasteiger charge is -2.09. The molecule has 1 nitrogen and oxygen atoms in total. The van der Waals surface area contributed by atoms with Gasteiger partial charge in [0.05, 0.1) is 0 Å². The fourth-order valence-electron chi connectivity index (χ4n) is 2.00. The third kappa shape index (κ3) is 4.18. The molecule has 0 saturated heterocycles. The van der Waals surface area contributed by atoms with Crippen LogP contribution in [-0.2, 0) is 4.79 Å². The Morgan fingerprint density at radius 3 is 2.75 bits per heavy atom. The maximum absolute atomic E-state index is 11.6. The van der Waals surface area contributed by atoms with E-state index in [0.29, 0.717) is 12.3 Å². The predicted octanol–water partition coefficient (Wildman–Crippen LogP) is 4.21. The van der Waals surface area contributed by atoms with Crippen LogP contribution < -0.4 is 0 Å². The summed E-state index contributed by atoms with van der Waals surface area (Å²) in [6, 6.07) is 0. The summed E-state index contributed by atoms with van der Waals surface area (Å²) in [5.41, 5.74) is 3.32. The number of carbonyl (C=O) groups excluding carboxylic acids is 1. The van der Waals surface area contributed by atoms with Gasteiger partial charge in [0.2, 0.25) is 0 Å². The first kappa shape index (κ1) is 13.0. The average Bonchev–Trinajstić information content (AvgIpc) is 2.44. The van der Waals surface area contributed by atoms with E-state index in [4.69, 9.17) is 0 Å². The van der Waals surface area contributed by atoms with E-state index in [1.807, 2.05) is 6.08 Å². The Kier molecular flexibility index (Phi) is 4.72. The van der Waals surface area contributed by atoms with Crippen molar-refractivity contribution in [1.29, 1.82) is 0 Å². The molecule has 1 unspecified atom stereocenters. The van der Waals surface area contributed by atoms with Gasteiger partial charge in [0.1, 0.15) is 0 Å². The molecule has 0 amide bonds. The minimum Gasteiger partial charge on any atom is -0.294 e. The Bertz CT molecular complexity index is 340. The second-order valence-electron chi connectivity index (χ2n) is 5.10. The molecule has 1 atom stereocenters. The van der Waals surface area contributed by atoms with Gasteiger partial charge in [0, 0.05) is 6.42 Å². The lowest BCUT2D eigenvalue weighted by Crippen LogP contribution is -2.02. The molecule has 1 aliphatic carbocycles. The van der Waals surface area contributed by atoms with Crippen LogP contribution in [0.4, 0.5) is 0 Å². The number of hydrogen-bond donors (Lipinski definition) is 0. The SMILES string of the molecule is C=C1C=C(CC(C)CCC=C(C)C)C(=O)C1. The van der Waals surface area contributed by atoms with Crippen molar-refractivity contribution in [2.45, 2.75) is 46.5 Å². The van der Waals surface area contributed by atoms with Crippen molar-refractivity contribution < 1.29 is 4.79 Å². The highest BCUT2D eigenvalue weighted by Crippen LogP contribution is 2.26. The van der Waals surface area contributed by atoms with Gasteiger partial charge >= 0.3 is 0 Å². The monoisotopic (exact) mass is 218 g/mol. The molecular formula is C15H22O. The van der Waals surface area contributed by atoms with Crippen LogP contribution in [0.15, 0.2) is 35.5 Å². The molecule has 0 bridgehead atoms. The lowest BCUT2D eigenvalue weighted by molar-refractivity contribution is -0.114. The van der Waals surface area contributed by atoms with Crippen LogP contribution in [0.25, 0.3) is 0 Å². The highest BCUT2D eigenvalue weighted by atomic mass is 16.1. The van der Waals surface area contributed by atoms with Gasteiger partial charge in [-0.3, -0.25) is 4.79 Å². The maximum Gasteiger partial charge on any atom is 0.163 e. The summed E-state index contributed by atoms with van der Waals surface area (Å²) in [5.74, 6) is 0.857. The number of carbonyl (C=O) groups is 1. The molecular weight excluding hydrogens is 196 g/mol. The van der Waals surface area contributed by atoms with E-state index in [9.17, 15) is 4.79 Å². The standard InChI is InChI=1S/C15H22O/c1-11(2)6-5-7-12(3)8-14-9-13(4)10-15(14)16/h6,9,12H,4-5,7-8,10H2,1-3H3. The Hall–Kier alpha value is -1.11. The van der Waals surface area contributed by atoms with Gasteiger partial charge in [0.25, 0.3) is 0 Å². The summed E-state index contributed by atoms with van der Waals surface area (Å²) in [6.45, 7) is 10.3. The van der Waals surface area contributed by atoms with Crippen molar-refractivity contribution in [2.24, 2.45) is 5.92 Å². The molecule has 0 aromatic rings. The van der Waals surface area contributed by atoms with E-state index in [2.05, 4.69) is 33.4 Å². The van der Waals surface area contributed by atoms with Crippen LogP contribution in [0.1, 0.15) is 46.5 Å². The molecule has 0 saturated carbocycles. The van der Waals surface area contributed by atoms with Crippen LogP contribution in [-0.4, -0.2) is 5.78 Å². The number of Topliss-reactive ketones (excluding diaryl/α,β-unsaturated/α-hetero) is 1. The summed E-state index contributed by atoms with van der Waals surface area (Å²) >= 11 is 0. The first-order chi connectivity index (χ1) is 7.49. The molecule has 0 heterocycles. The molecule has 0 aromatic carbocycles. The predicted molar refractivity (Wildman–Crippen MR) is 69.3 cm³/mol. The molecule has 1 aliphatic rings. The summed E-state index contributed by atoms with van der Waals surface area (Å²) < 4.78 is 0. The van der Waals surface area contributed by atoms with Crippen molar-refractivity contribution in [1.82, 2.24) is 0 Å².